The van der Waals surface area contributed by atoms with Gasteiger partial charge in [-0.1, -0.05) is 0 Å². The van der Waals surface area contributed by atoms with Gasteiger partial charge < -0.3 is 0 Å². The molecule has 0 bridgehead atoms. The highest BCUT2D eigenvalue weighted by Crippen LogP contribution is 2.30. The van der Waals surface area contributed by atoms with E-state index >= 15 is 0 Å². The minimum absolute atomic E-state index is 0.0496. The molecule has 0 radical (unpaired) electrons. The maximum absolute atomic E-state index is 10.8. The molecule has 0 aromatic carbocycles. The molecule has 1 aromatic heterocycles. The lowest BCUT2D eigenvalue weighted by molar-refractivity contribution is 0.609. The molecule has 2 nitrogen and oxygen atoms in total. The fourth-order valence-electron chi connectivity index (χ4n) is 1.90. The summed E-state index contributed by atoms with van der Waals surface area (Å²) in [5, 5.41) is 0. The zero-order chi connectivity index (χ0) is 10.9. The number of thiophene rings is 1. The third-order valence-electron chi connectivity index (χ3n) is 2.64. The third-order valence-corrected chi connectivity index (χ3v) is 5.09. The molecule has 0 fully saturated rings. The van der Waals surface area contributed by atoms with Gasteiger partial charge in [-0.2, -0.15) is 0 Å². The molecule has 0 unspecified atom stereocenters. The number of hydrogen-bond donors (Lipinski definition) is 0. The Hall–Kier alpha value is -0.0600. The zero-order valence-electron chi connectivity index (χ0n) is 8.33. The lowest BCUT2D eigenvalue weighted by atomic mass is 9.99. The largest absolute Gasteiger partial charge is 0.232 e. The smallest absolute Gasteiger partial charge is 0.212 e. The molecule has 1 aromatic rings. The van der Waals surface area contributed by atoms with E-state index in [0.29, 0.717) is 6.42 Å². The van der Waals surface area contributed by atoms with Crippen molar-refractivity contribution < 1.29 is 8.42 Å². The molecule has 15 heavy (non-hydrogen) atoms. The fourth-order valence-corrected chi connectivity index (χ4v) is 3.98. The predicted octanol–water partition coefficient (Wildman–Crippen LogP) is 2.74. The van der Waals surface area contributed by atoms with Gasteiger partial charge in [0.1, 0.15) is 0 Å². The molecular formula is C10H13ClO2S2. The van der Waals surface area contributed by atoms with Crippen molar-refractivity contribution in [3.63, 3.8) is 0 Å². The summed E-state index contributed by atoms with van der Waals surface area (Å²) in [6.45, 7) is 0. The van der Waals surface area contributed by atoms with Gasteiger partial charge in [-0.15, -0.1) is 11.3 Å². The van der Waals surface area contributed by atoms with Gasteiger partial charge in [0.15, 0.2) is 0 Å². The number of hydrogen-bond acceptors (Lipinski definition) is 3. The van der Waals surface area contributed by atoms with Crippen molar-refractivity contribution >= 4 is 31.1 Å². The third kappa shape index (κ3) is 3.20. The van der Waals surface area contributed by atoms with Crippen molar-refractivity contribution in [2.45, 2.75) is 32.1 Å². The second kappa shape index (κ2) is 4.44. The van der Waals surface area contributed by atoms with Gasteiger partial charge in [-0.05, 0) is 43.7 Å². The van der Waals surface area contributed by atoms with Crippen LogP contribution in [0.4, 0.5) is 0 Å². The summed E-state index contributed by atoms with van der Waals surface area (Å²) in [4.78, 5) is 2.61. The van der Waals surface area contributed by atoms with Crippen LogP contribution in [-0.4, -0.2) is 14.2 Å². The zero-order valence-corrected chi connectivity index (χ0v) is 10.7. The van der Waals surface area contributed by atoms with Crippen LogP contribution >= 0.6 is 22.0 Å². The Labute approximate surface area is 98.7 Å². The first-order chi connectivity index (χ1) is 7.04. The van der Waals surface area contributed by atoms with Crippen molar-refractivity contribution in [3.8, 4) is 0 Å². The summed E-state index contributed by atoms with van der Waals surface area (Å²) < 4.78 is 21.6. The lowest BCUT2D eigenvalue weighted by Crippen LogP contribution is -1.99. The second-order valence-electron chi connectivity index (χ2n) is 3.86. The average molecular weight is 265 g/mol. The van der Waals surface area contributed by atoms with Gasteiger partial charge in [0.25, 0.3) is 0 Å². The first-order valence-corrected chi connectivity index (χ1v) is 8.37. The van der Waals surface area contributed by atoms with Crippen molar-refractivity contribution in [2.75, 3.05) is 5.75 Å². The number of halogens is 1. The molecule has 2 rings (SSSR count). The van der Waals surface area contributed by atoms with Crippen LogP contribution in [-0.2, 0) is 28.3 Å². The van der Waals surface area contributed by atoms with Crippen molar-refractivity contribution in [1.29, 1.82) is 0 Å². The van der Waals surface area contributed by atoms with E-state index in [1.807, 2.05) is 0 Å². The number of fused-ring (bicyclic) bond motifs is 1. The molecule has 0 saturated heterocycles. The van der Waals surface area contributed by atoms with Gasteiger partial charge in [0.2, 0.25) is 9.05 Å². The van der Waals surface area contributed by atoms with Crippen LogP contribution in [0, 0.1) is 0 Å². The quantitative estimate of drug-likeness (QED) is 0.787. The molecule has 0 amide bonds. The normalized spacial score (nSPS) is 16.3. The minimum Gasteiger partial charge on any atom is -0.212 e. The Morgan fingerprint density at radius 2 is 2.07 bits per heavy atom. The van der Waals surface area contributed by atoms with Crippen molar-refractivity contribution in [2.24, 2.45) is 0 Å². The van der Waals surface area contributed by atoms with Crippen LogP contribution in [0.3, 0.4) is 0 Å². The van der Waals surface area contributed by atoms with Crippen LogP contribution in [0.2, 0.25) is 0 Å². The second-order valence-corrected chi connectivity index (χ2v) is 7.98. The topological polar surface area (TPSA) is 34.1 Å². The SMILES string of the molecule is O=S(=O)(Cl)CCc1cc2c(s1)CCCC2. The van der Waals surface area contributed by atoms with E-state index in [2.05, 4.69) is 6.07 Å². The summed E-state index contributed by atoms with van der Waals surface area (Å²) in [6.07, 6.45) is 5.40. The molecule has 0 aliphatic heterocycles. The summed E-state index contributed by atoms with van der Waals surface area (Å²) in [7, 11) is 1.84. The van der Waals surface area contributed by atoms with E-state index < -0.39 is 9.05 Å². The molecular weight excluding hydrogens is 252 g/mol. The fraction of sp³-hybridized carbons (Fsp3) is 0.600. The maximum Gasteiger partial charge on any atom is 0.232 e. The van der Waals surface area contributed by atoms with Crippen molar-refractivity contribution in [3.05, 3.63) is 21.4 Å². The molecule has 1 aliphatic rings. The van der Waals surface area contributed by atoms with Crippen LogP contribution in [0.15, 0.2) is 6.07 Å². The van der Waals surface area contributed by atoms with E-state index in [9.17, 15) is 8.42 Å². The van der Waals surface area contributed by atoms with Gasteiger partial charge in [-0.25, -0.2) is 8.42 Å². The Bertz CT molecular complexity index is 424. The van der Waals surface area contributed by atoms with Gasteiger partial charge in [0, 0.05) is 20.4 Å². The molecule has 0 atom stereocenters. The lowest BCUT2D eigenvalue weighted by Gasteiger charge is -2.08. The highest BCUT2D eigenvalue weighted by atomic mass is 35.7. The summed E-state index contributed by atoms with van der Waals surface area (Å²) >= 11 is 1.75. The highest BCUT2D eigenvalue weighted by molar-refractivity contribution is 8.13. The predicted molar refractivity (Wildman–Crippen MR) is 64.3 cm³/mol. The van der Waals surface area contributed by atoms with E-state index in [1.165, 1.54) is 23.3 Å². The molecule has 0 N–H and O–H groups in total. The summed E-state index contributed by atoms with van der Waals surface area (Å²) in [5.74, 6) is 0.0496. The Morgan fingerprint density at radius 1 is 1.33 bits per heavy atom. The summed E-state index contributed by atoms with van der Waals surface area (Å²) in [6, 6.07) is 2.15. The molecule has 0 spiro atoms. The molecule has 84 valence electrons. The van der Waals surface area contributed by atoms with Gasteiger partial charge in [-0.3, -0.25) is 0 Å². The van der Waals surface area contributed by atoms with Crippen LogP contribution in [0.1, 0.15) is 28.2 Å². The average Bonchev–Trinajstić information content (AvgIpc) is 2.56. The monoisotopic (exact) mass is 264 g/mol. The van der Waals surface area contributed by atoms with E-state index in [-0.39, 0.29) is 5.75 Å². The molecule has 0 saturated carbocycles. The Balaban J connectivity index is 2.07. The van der Waals surface area contributed by atoms with Gasteiger partial charge in [0.05, 0.1) is 5.75 Å². The van der Waals surface area contributed by atoms with Crippen molar-refractivity contribution in [1.82, 2.24) is 0 Å². The van der Waals surface area contributed by atoms with Gasteiger partial charge >= 0.3 is 0 Å². The standard InChI is InChI=1S/C10H13ClO2S2/c11-15(12,13)6-5-9-7-8-3-1-2-4-10(8)14-9/h7H,1-6H2. The van der Waals surface area contributed by atoms with Crippen LogP contribution < -0.4 is 0 Å². The molecule has 5 heteroatoms. The Morgan fingerprint density at radius 3 is 2.73 bits per heavy atom. The van der Waals surface area contributed by atoms with E-state index in [1.54, 1.807) is 11.3 Å². The Kier molecular flexibility index (Phi) is 3.38. The first-order valence-electron chi connectivity index (χ1n) is 5.07. The summed E-state index contributed by atoms with van der Waals surface area (Å²) in [5.41, 5.74) is 1.42. The first kappa shape index (κ1) is 11.4. The molecule has 1 heterocycles. The number of rotatable bonds is 3. The number of aryl methyl sites for hydroxylation is 3. The maximum atomic E-state index is 10.8. The highest BCUT2D eigenvalue weighted by Gasteiger charge is 2.14. The minimum atomic E-state index is -3.34. The van der Waals surface area contributed by atoms with E-state index in [4.69, 9.17) is 10.7 Å². The van der Waals surface area contributed by atoms with Crippen LogP contribution in [0.5, 0.6) is 0 Å². The van der Waals surface area contributed by atoms with E-state index in [0.717, 1.165) is 17.7 Å². The molecule has 1 aliphatic carbocycles. The van der Waals surface area contributed by atoms with Crippen LogP contribution in [0.25, 0.3) is 0 Å².